The number of hydrogen-bond donors (Lipinski definition) is 1. The fraction of sp³-hybridized carbons (Fsp3) is 0.143. The van der Waals surface area contributed by atoms with Crippen LogP contribution in [0.15, 0.2) is 16.7 Å². The Morgan fingerprint density at radius 1 is 1.62 bits per heavy atom. The van der Waals surface area contributed by atoms with Crippen molar-refractivity contribution in [1.29, 1.82) is 0 Å². The standard InChI is InChI=1S/C7H5BrF2N2O/c8-4-2-12-5(6(9)10)1-3(4)7(11)13/h1-2,6H,(H2,11,13). The van der Waals surface area contributed by atoms with Crippen LogP contribution in [-0.4, -0.2) is 10.9 Å². The third kappa shape index (κ3) is 2.21. The summed E-state index contributed by atoms with van der Waals surface area (Å²) in [6.07, 6.45) is -1.58. The molecule has 70 valence electrons. The summed E-state index contributed by atoms with van der Waals surface area (Å²) in [6, 6.07) is 0.969. The first kappa shape index (κ1) is 10.0. The van der Waals surface area contributed by atoms with Crippen LogP contribution in [-0.2, 0) is 0 Å². The van der Waals surface area contributed by atoms with Gasteiger partial charge in [-0.2, -0.15) is 0 Å². The Morgan fingerprint density at radius 2 is 2.23 bits per heavy atom. The molecule has 0 radical (unpaired) electrons. The number of alkyl halides is 2. The van der Waals surface area contributed by atoms with E-state index in [4.69, 9.17) is 5.73 Å². The summed E-state index contributed by atoms with van der Waals surface area (Å²) in [5, 5.41) is 0. The van der Waals surface area contributed by atoms with Crippen LogP contribution in [0.25, 0.3) is 0 Å². The zero-order valence-electron chi connectivity index (χ0n) is 6.30. The molecule has 0 spiro atoms. The molecule has 0 aliphatic carbocycles. The predicted octanol–water partition coefficient (Wildman–Crippen LogP) is 1.88. The first-order valence-electron chi connectivity index (χ1n) is 3.25. The lowest BCUT2D eigenvalue weighted by molar-refractivity contribution is 0.0998. The summed E-state index contributed by atoms with van der Waals surface area (Å²) in [4.78, 5) is 14.1. The second kappa shape index (κ2) is 3.78. The molecule has 2 N–H and O–H groups in total. The third-order valence-electron chi connectivity index (χ3n) is 1.37. The fourth-order valence-electron chi connectivity index (χ4n) is 0.763. The number of nitrogens with two attached hydrogens (primary N) is 1. The summed E-state index contributed by atoms with van der Waals surface area (Å²) >= 11 is 2.97. The molecule has 1 heterocycles. The SMILES string of the molecule is NC(=O)c1cc(C(F)F)ncc1Br. The van der Waals surface area contributed by atoms with Crippen molar-refractivity contribution >= 4 is 21.8 Å². The van der Waals surface area contributed by atoms with Gasteiger partial charge in [0, 0.05) is 10.7 Å². The molecule has 1 amide bonds. The van der Waals surface area contributed by atoms with Gasteiger partial charge in [-0.3, -0.25) is 9.78 Å². The molecule has 0 unspecified atom stereocenters. The van der Waals surface area contributed by atoms with E-state index in [1.165, 1.54) is 0 Å². The lowest BCUT2D eigenvalue weighted by Gasteiger charge is -2.02. The van der Waals surface area contributed by atoms with Gasteiger partial charge in [0.15, 0.2) is 0 Å². The van der Waals surface area contributed by atoms with Crippen LogP contribution < -0.4 is 5.73 Å². The number of carbonyl (C=O) groups is 1. The van der Waals surface area contributed by atoms with Gasteiger partial charge in [0.05, 0.1) is 5.56 Å². The van der Waals surface area contributed by atoms with Crippen LogP contribution in [0.3, 0.4) is 0 Å². The van der Waals surface area contributed by atoms with Crippen molar-refractivity contribution in [3.05, 3.63) is 28.0 Å². The number of rotatable bonds is 2. The van der Waals surface area contributed by atoms with Gasteiger partial charge in [-0.05, 0) is 22.0 Å². The third-order valence-corrected chi connectivity index (χ3v) is 2.00. The van der Waals surface area contributed by atoms with Crippen molar-refractivity contribution in [1.82, 2.24) is 4.98 Å². The number of primary amides is 1. The topological polar surface area (TPSA) is 56.0 Å². The van der Waals surface area contributed by atoms with E-state index in [2.05, 4.69) is 20.9 Å². The molecule has 0 aliphatic rings. The fourth-order valence-corrected chi connectivity index (χ4v) is 1.18. The Bertz CT molecular complexity index is 343. The number of amides is 1. The van der Waals surface area contributed by atoms with Crippen molar-refractivity contribution in [2.75, 3.05) is 0 Å². The number of aromatic nitrogens is 1. The zero-order chi connectivity index (χ0) is 10.0. The van der Waals surface area contributed by atoms with Crippen LogP contribution in [0.5, 0.6) is 0 Å². The molecule has 0 saturated carbocycles. The molecule has 1 rings (SSSR count). The normalized spacial score (nSPS) is 10.5. The van der Waals surface area contributed by atoms with Crippen molar-refractivity contribution in [3.8, 4) is 0 Å². The maximum absolute atomic E-state index is 12.1. The molecule has 0 aliphatic heterocycles. The molecule has 1 aromatic heterocycles. The van der Waals surface area contributed by atoms with Gasteiger partial charge in [-0.25, -0.2) is 8.78 Å². The van der Waals surface area contributed by atoms with Gasteiger partial charge in [-0.15, -0.1) is 0 Å². The van der Waals surface area contributed by atoms with E-state index >= 15 is 0 Å². The van der Waals surface area contributed by atoms with E-state index in [1.807, 2.05) is 0 Å². The summed E-state index contributed by atoms with van der Waals surface area (Å²) in [5.41, 5.74) is 4.49. The van der Waals surface area contributed by atoms with E-state index in [9.17, 15) is 13.6 Å². The number of carbonyl (C=O) groups excluding carboxylic acids is 1. The predicted molar refractivity (Wildman–Crippen MR) is 45.4 cm³/mol. The van der Waals surface area contributed by atoms with Crippen LogP contribution in [0.1, 0.15) is 22.5 Å². The smallest absolute Gasteiger partial charge is 0.280 e. The highest BCUT2D eigenvalue weighted by Crippen LogP contribution is 2.21. The molecule has 0 saturated heterocycles. The Labute approximate surface area is 81.1 Å². The van der Waals surface area contributed by atoms with Gasteiger partial charge >= 0.3 is 0 Å². The van der Waals surface area contributed by atoms with E-state index < -0.39 is 18.0 Å². The largest absolute Gasteiger partial charge is 0.366 e. The highest BCUT2D eigenvalue weighted by molar-refractivity contribution is 9.10. The van der Waals surface area contributed by atoms with Gasteiger partial charge in [0.1, 0.15) is 5.69 Å². The van der Waals surface area contributed by atoms with E-state index in [1.54, 1.807) is 0 Å². The lowest BCUT2D eigenvalue weighted by atomic mass is 10.2. The number of halogens is 3. The van der Waals surface area contributed by atoms with Gasteiger partial charge < -0.3 is 5.73 Å². The monoisotopic (exact) mass is 250 g/mol. The molecule has 0 bridgehead atoms. The van der Waals surface area contributed by atoms with Crippen molar-refractivity contribution in [2.45, 2.75) is 6.43 Å². The van der Waals surface area contributed by atoms with E-state index in [0.29, 0.717) is 4.47 Å². The minimum Gasteiger partial charge on any atom is -0.366 e. The first-order chi connectivity index (χ1) is 6.02. The molecule has 13 heavy (non-hydrogen) atoms. The number of pyridine rings is 1. The minimum atomic E-state index is -2.70. The van der Waals surface area contributed by atoms with Crippen molar-refractivity contribution < 1.29 is 13.6 Å². The number of hydrogen-bond acceptors (Lipinski definition) is 2. The molecule has 0 aromatic carbocycles. The van der Waals surface area contributed by atoms with Gasteiger partial charge in [0.25, 0.3) is 6.43 Å². The Balaban J connectivity index is 3.19. The number of nitrogens with zero attached hydrogens (tertiary/aromatic N) is 1. The zero-order valence-corrected chi connectivity index (χ0v) is 7.88. The minimum absolute atomic E-state index is 0.00491. The maximum atomic E-state index is 12.1. The quantitative estimate of drug-likeness (QED) is 0.872. The molecule has 0 atom stereocenters. The van der Waals surface area contributed by atoms with Gasteiger partial charge in [0.2, 0.25) is 5.91 Å². The molecule has 6 heteroatoms. The summed E-state index contributed by atoms with van der Waals surface area (Å²) < 4.78 is 24.5. The lowest BCUT2D eigenvalue weighted by Crippen LogP contribution is -2.12. The van der Waals surface area contributed by atoms with Gasteiger partial charge in [-0.1, -0.05) is 0 Å². The van der Waals surface area contributed by atoms with Crippen molar-refractivity contribution in [3.63, 3.8) is 0 Å². The highest BCUT2D eigenvalue weighted by atomic mass is 79.9. The second-order valence-electron chi connectivity index (χ2n) is 2.25. The molecule has 1 aromatic rings. The highest BCUT2D eigenvalue weighted by Gasteiger charge is 2.13. The van der Waals surface area contributed by atoms with E-state index in [-0.39, 0.29) is 5.56 Å². The Morgan fingerprint density at radius 3 is 2.69 bits per heavy atom. The molecule has 0 fully saturated rings. The average molecular weight is 251 g/mol. The second-order valence-corrected chi connectivity index (χ2v) is 3.11. The Kier molecular flexibility index (Phi) is 2.92. The Hall–Kier alpha value is -1.04. The van der Waals surface area contributed by atoms with Crippen LogP contribution in [0, 0.1) is 0 Å². The van der Waals surface area contributed by atoms with Crippen LogP contribution in [0.4, 0.5) is 8.78 Å². The first-order valence-corrected chi connectivity index (χ1v) is 4.05. The van der Waals surface area contributed by atoms with Crippen LogP contribution >= 0.6 is 15.9 Å². The van der Waals surface area contributed by atoms with E-state index in [0.717, 1.165) is 12.3 Å². The molecule has 3 nitrogen and oxygen atoms in total. The summed E-state index contributed by atoms with van der Waals surface area (Å²) in [6.45, 7) is 0. The summed E-state index contributed by atoms with van der Waals surface area (Å²) in [7, 11) is 0. The van der Waals surface area contributed by atoms with Crippen molar-refractivity contribution in [2.24, 2.45) is 5.73 Å². The average Bonchev–Trinajstić information content (AvgIpc) is 2.04. The molecular formula is C7H5BrF2N2O. The maximum Gasteiger partial charge on any atom is 0.280 e. The van der Waals surface area contributed by atoms with Crippen LogP contribution in [0.2, 0.25) is 0 Å². The molecular weight excluding hydrogens is 246 g/mol. The summed E-state index contributed by atoms with van der Waals surface area (Å²) in [5.74, 6) is -0.767.